The summed E-state index contributed by atoms with van der Waals surface area (Å²) in [5.74, 6) is -0.441. The zero-order valence-corrected chi connectivity index (χ0v) is 26.1. The molecule has 12 heteroatoms. The lowest BCUT2D eigenvalue weighted by atomic mass is 9.73. The molecule has 4 heterocycles. The summed E-state index contributed by atoms with van der Waals surface area (Å²) in [4.78, 5) is 28.9. The molecule has 0 radical (unpaired) electrons. The van der Waals surface area contributed by atoms with Crippen molar-refractivity contribution in [3.63, 3.8) is 0 Å². The van der Waals surface area contributed by atoms with Crippen LogP contribution < -0.4 is 16.0 Å². The Kier molecular flexibility index (Phi) is 7.73. The number of anilines is 1. The van der Waals surface area contributed by atoms with Crippen LogP contribution >= 0.6 is 23.4 Å². The highest BCUT2D eigenvalue weighted by Crippen LogP contribution is 2.51. The third-order valence-electron chi connectivity index (χ3n) is 9.08. The van der Waals surface area contributed by atoms with E-state index < -0.39 is 11.7 Å². The number of carbonyl (C=O) groups is 1. The molecule has 1 spiro atoms. The zero-order valence-electron chi connectivity index (χ0n) is 24.5. The number of pyridine rings is 1. The molecule has 2 aromatic carbocycles. The minimum Gasteiger partial charge on any atom is -0.390 e. The highest BCUT2D eigenvalue weighted by molar-refractivity contribution is 7.99. The van der Waals surface area contributed by atoms with E-state index in [9.17, 15) is 14.3 Å². The summed E-state index contributed by atoms with van der Waals surface area (Å²) < 4.78 is 16.4. The van der Waals surface area contributed by atoms with Gasteiger partial charge in [-0.05, 0) is 54.0 Å². The Morgan fingerprint density at radius 2 is 2.00 bits per heavy atom. The highest BCUT2D eigenvalue weighted by Gasteiger charge is 2.46. The highest BCUT2D eigenvalue weighted by atomic mass is 35.5. The number of fused-ring (bicyclic) bond motifs is 2. The Bertz CT molecular complexity index is 1940. The van der Waals surface area contributed by atoms with E-state index in [0.29, 0.717) is 43.4 Å². The monoisotopic (exact) mass is 643 g/mol. The van der Waals surface area contributed by atoms with Gasteiger partial charge in [-0.25, -0.2) is 19.3 Å². The Hall–Kier alpha value is -4.03. The van der Waals surface area contributed by atoms with Crippen LogP contribution in [-0.2, 0) is 13.0 Å². The van der Waals surface area contributed by atoms with Gasteiger partial charge in [0.2, 0.25) is 0 Å². The van der Waals surface area contributed by atoms with Crippen LogP contribution in [0.4, 0.5) is 10.2 Å². The van der Waals surface area contributed by atoms with E-state index in [0.717, 1.165) is 32.4 Å². The molecule has 7 rings (SSSR count). The van der Waals surface area contributed by atoms with Gasteiger partial charge in [-0.15, -0.1) is 0 Å². The molecule has 5 aromatic rings. The summed E-state index contributed by atoms with van der Waals surface area (Å²) >= 11 is 8.12. The molecule has 2 aliphatic rings. The first-order valence-electron chi connectivity index (χ1n) is 14.7. The first-order chi connectivity index (χ1) is 21.8. The lowest BCUT2D eigenvalue weighted by Gasteiger charge is -2.42. The zero-order chi connectivity index (χ0) is 31.3. The van der Waals surface area contributed by atoms with Crippen LogP contribution in [-0.4, -0.2) is 50.5 Å². The number of piperidine rings is 1. The largest absolute Gasteiger partial charge is 0.390 e. The van der Waals surface area contributed by atoms with Crippen molar-refractivity contribution in [2.24, 2.45) is 11.1 Å². The minimum absolute atomic E-state index is 0.0296. The van der Waals surface area contributed by atoms with Crippen molar-refractivity contribution in [1.29, 1.82) is 0 Å². The fourth-order valence-electron chi connectivity index (χ4n) is 6.62. The fraction of sp³-hybridized carbons (Fsp3) is 0.273. The van der Waals surface area contributed by atoms with Gasteiger partial charge in [0, 0.05) is 49.0 Å². The van der Waals surface area contributed by atoms with Crippen LogP contribution in [0.3, 0.4) is 0 Å². The number of aliphatic hydroxyl groups excluding tert-OH is 1. The lowest BCUT2D eigenvalue weighted by molar-refractivity contribution is 0.0959. The number of benzene rings is 2. The lowest BCUT2D eigenvalue weighted by Crippen LogP contribution is -2.45. The van der Waals surface area contributed by atoms with Crippen molar-refractivity contribution in [2.75, 3.05) is 25.0 Å². The predicted molar refractivity (Wildman–Crippen MR) is 172 cm³/mol. The summed E-state index contributed by atoms with van der Waals surface area (Å²) in [6, 6.07) is 14.7. The average molecular weight is 644 g/mol. The molecule has 9 nitrogen and oxygen atoms in total. The average Bonchev–Trinajstić information content (AvgIpc) is 3.62. The standard InChI is InChI=1S/C33H31ClFN7O2S/c1-37-32(44)22-7-6-19(14-23(22)35)24-17-42-11-8-26(28(34)31(42)40-24)45-27-16-38-30(25(18-43)39-27)41-12-9-33(10-13-41)15-20-4-2-3-5-21(20)29(33)36/h2-8,11,14,16-17,29,43H,9-10,12-13,15,18,36H2,1H3,(H,37,44)/t29-/m1/s1. The van der Waals surface area contributed by atoms with E-state index in [2.05, 4.69) is 39.5 Å². The van der Waals surface area contributed by atoms with Gasteiger partial charge in [0.05, 0.1) is 29.1 Å². The van der Waals surface area contributed by atoms with Crippen molar-refractivity contribution in [1.82, 2.24) is 24.7 Å². The maximum atomic E-state index is 14.6. The molecule has 0 bridgehead atoms. The fourth-order valence-corrected chi connectivity index (χ4v) is 7.73. The smallest absolute Gasteiger partial charge is 0.253 e. The Morgan fingerprint density at radius 3 is 2.73 bits per heavy atom. The van der Waals surface area contributed by atoms with Gasteiger partial charge in [-0.1, -0.05) is 53.7 Å². The van der Waals surface area contributed by atoms with Crippen LogP contribution in [0, 0.1) is 11.2 Å². The molecule has 1 saturated heterocycles. The second kappa shape index (κ2) is 11.7. The number of aliphatic hydroxyl groups is 1. The summed E-state index contributed by atoms with van der Waals surface area (Å²) in [5.41, 5.74) is 11.4. The van der Waals surface area contributed by atoms with E-state index in [1.54, 1.807) is 22.9 Å². The molecule has 0 saturated carbocycles. The number of aromatic nitrogens is 4. The van der Waals surface area contributed by atoms with Gasteiger partial charge in [0.25, 0.3) is 5.91 Å². The summed E-state index contributed by atoms with van der Waals surface area (Å²) in [5, 5.41) is 13.7. The maximum Gasteiger partial charge on any atom is 0.253 e. The normalized spacial score (nSPS) is 17.2. The number of amides is 1. The van der Waals surface area contributed by atoms with Gasteiger partial charge in [-0.2, -0.15) is 0 Å². The minimum atomic E-state index is -0.635. The molecule has 1 amide bonds. The van der Waals surface area contributed by atoms with Gasteiger partial charge < -0.3 is 25.5 Å². The molecule has 230 valence electrons. The Balaban J connectivity index is 1.08. The van der Waals surface area contributed by atoms with Crippen LogP contribution in [0.25, 0.3) is 16.9 Å². The van der Waals surface area contributed by atoms with Crippen LogP contribution in [0.5, 0.6) is 0 Å². The molecule has 4 N–H and O–H groups in total. The number of hydrogen-bond acceptors (Lipinski definition) is 8. The van der Waals surface area contributed by atoms with E-state index in [1.165, 1.54) is 42.1 Å². The van der Waals surface area contributed by atoms with Crippen LogP contribution in [0.1, 0.15) is 46.1 Å². The van der Waals surface area contributed by atoms with E-state index >= 15 is 0 Å². The first kappa shape index (κ1) is 29.7. The molecule has 1 aliphatic heterocycles. The second-order valence-electron chi connectivity index (χ2n) is 11.6. The number of hydrogen-bond donors (Lipinski definition) is 3. The maximum absolute atomic E-state index is 14.6. The number of nitrogens with one attached hydrogen (secondary N) is 1. The molecule has 1 aliphatic carbocycles. The Morgan fingerprint density at radius 1 is 1.20 bits per heavy atom. The topological polar surface area (TPSA) is 122 Å². The summed E-state index contributed by atoms with van der Waals surface area (Å²) in [6.45, 7) is 1.34. The number of rotatable bonds is 6. The molecule has 1 atom stereocenters. The van der Waals surface area contributed by atoms with Crippen molar-refractivity contribution in [3.8, 4) is 11.3 Å². The van der Waals surface area contributed by atoms with Crippen molar-refractivity contribution in [2.45, 2.75) is 41.8 Å². The molecule has 1 fully saturated rings. The predicted octanol–water partition coefficient (Wildman–Crippen LogP) is 5.43. The second-order valence-corrected chi connectivity index (χ2v) is 13.0. The van der Waals surface area contributed by atoms with Gasteiger partial charge >= 0.3 is 0 Å². The molecule has 3 aromatic heterocycles. The van der Waals surface area contributed by atoms with Gasteiger partial charge in [0.1, 0.15) is 16.5 Å². The number of carbonyl (C=O) groups excluding carboxylic acids is 1. The third-order valence-corrected chi connectivity index (χ3v) is 10.5. The number of nitrogens with two attached hydrogens (primary N) is 1. The van der Waals surface area contributed by atoms with E-state index in [-0.39, 0.29) is 23.6 Å². The Labute approximate surface area is 268 Å². The quantitative estimate of drug-likeness (QED) is 0.224. The first-order valence-corrected chi connectivity index (χ1v) is 15.9. The summed E-state index contributed by atoms with van der Waals surface area (Å²) in [7, 11) is 1.45. The number of nitrogens with zero attached hydrogens (tertiary/aromatic N) is 5. The van der Waals surface area contributed by atoms with E-state index in [4.69, 9.17) is 27.3 Å². The van der Waals surface area contributed by atoms with Crippen LogP contribution in [0.15, 0.2) is 77.0 Å². The molecular weight excluding hydrogens is 613 g/mol. The molecule has 45 heavy (non-hydrogen) atoms. The number of imidazole rings is 1. The third kappa shape index (κ3) is 5.23. The van der Waals surface area contributed by atoms with Crippen molar-refractivity contribution >= 4 is 40.7 Å². The molecular formula is C33H31ClFN7O2S. The van der Waals surface area contributed by atoms with Gasteiger partial charge in [-0.3, -0.25) is 4.79 Å². The molecule has 0 unspecified atom stereocenters. The summed E-state index contributed by atoms with van der Waals surface area (Å²) in [6.07, 6.45) is 8.16. The van der Waals surface area contributed by atoms with E-state index in [1.807, 2.05) is 12.3 Å². The van der Waals surface area contributed by atoms with Gasteiger partial charge in [0.15, 0.2) is 11.5 Å². The van der Waals surface area contributed by atoms with Crippen LogP contribution in [0.2, 0.25) is 5.02 Å². The number of halogens is 2. The SMILES string of the molecule is CNC(=O)c1ccc(-c2cn3ccc(Sc4cnc(N5CCC6(CC5)Cc5ccccc5[C@H]6N)c(CO)n4)c(Cl)c3n2)cc1F. The van der Waals surface area contributed by atoms with Crippen molar-refractivity contribution < 1.29 is 14.3 Å². The van der Waals surface area contributed by atoms with Crippen molar-refractivity contribution in [3.05, 3.63) is 100 Å².